The molecule has 1 aliphatic rings. The van der Waals surface area contributed by atoms with Gasteiger partial charge in [0.15, 0.2) is 5.13 Å². The number of nitrogens with one attached hydrogen (secondary N) is 1. The van der Waals surface area contributed by atoms with Crippen molar-refractivity contribution in [2.45, 2.75) is 39.2 Å². The molecule has 0 radical (unpaired) electrons. The molecule has 3 N–H and O–H groups in total. The highest BCUT2D eigenvalue weighted by Gasteiger charge is 2.30. The molecular formula is C14H20N6O2S. The largest absolute Gasteiger partial charge is 0.375 e. The number of piperidine rings is 1. The first-order chi connectivity index (χ1) is 11.0. The lowest BCUT2D eigenvalue weighted by Gasteiger charge is -2.32. The second-order valence-electron chi connectivity index (χ2n) is 5.69. The summed E-state index contributed by atoms with van der Waals surface area (Å²) in [5.74, 6) is 0.759. The second-order valence-corrected chi connectivity index (χ2v) is 6.72. The number of hydrogen-bond acceptors (Lipinski definition) is 6. The molecule has 0 unspecified atom stereocenters. The summed E-state index contributed by atoms with van der Waals surface area (Å²) >= 11 is 1.22. The van der Waals surface area contributed by atoms with Gasteiger partial charge in [-0.25, -0.2) is 14.9 Å². The molecule has 0 spiro atoms. The van der Waals surface area contributed by atoms with Crippen molar-refractivity contribution in [3.63, 3.8) is 0 Å². The lowest BCUT2D eigenvalue weighted by atomic mass is 9.97. The van der Waals surface area contributed by atoms with Crippen LogP contribution < -0.4 is 11.4 Å². The summed E-state index contributed by atoms with van der Waals surface area (Å²) in [6, 6.07) is 0. The number of aryl methyl sites for hydroxylation is 1. The summed E-state index contributed by atoms with van der Waals surface area (Å²) in [5.41, 5.74) is 6.16. The molecule has 1 amide bonds. The van der Waals surface area contributed by atoms with Crippen LogP contribution in [0.2, 0.25) is 0 Å². The van der Waals surface area contributed by atoms with Crippen molar-refractivity contribution < 1.29 is 4.79 Å². The number of hydrogen-bond donors (Lipinski definition) is 2. The predicted octanol–water partition coefficient (Wildman–Crippen LogP) is 0.958. The fourth-order valence-electron chi connectivity index (χ4n) is 3.08. The molecule has 2 aromatic rings. The van der Waals surface area contributed by atoms with Crippen LogP contribution in [0.5, 0.6) is 0 Å². The number of nitrogens with zero attached hydrogens (tertiary/aromatic N) is 4. The van der Waals surface area contributed by atoms with Gasteiger partial charge in [-0.3, -0.25) is 9.36 Å². The SMILES string of the molecule is CCn1c([C@@H]2CCCN(C(=O)c3sc(N)nc3C)C2)n[nH]c1=O. The van der Waals surface area contributed by atoms with Gasteiger partial charge in [-0.05, 0) is 26.7 Å². The lowest BCUT2D eigenvalue weighted by molar-refractivity contribution is 0.0707. The Labute approximate surface area is 137 Å². The molecule has 0 bridgehead atoms. The maximum Gasteiger partial charge on any atom is 0.343 e. The number of nitrogens with two attached hydrogens (primary N) is 1. The number of aromatic amines is 1. The molecule has 1 fully saturated rings. The first kappa shape index (κ1) is 15.7. The summed E-state index contributed by atoms with van der Waals surface area (Å²) < 4.78 is 1.63. The van der Waals surface area contributed by atoms with Crippen molar-refractivity contribution in [3.05, 3.63) is 26.9 Å². The minimum atomic E-state index is -0.197. The van der Waals surface area contributed by atoms with Gasteiger partial charge in [-0.1, -0.05) is 11.3 Å². The van der Waals surface area contributed by atoms with E-state index in [2.05, 4.69) is 15.2 Å². The van der Waals surface area contributed by atoms with Crippen LogP contribution in [-0.2, 0) is 6.54 Å². The number of H-pyrrole nitrogens is 1. The molecule has 3 heterocycles. The maximum atomic E-state index is 12.7. The van der Waals surface area contributed by atoms with Crippen LogP contribution in [0.1, 0.15) is 46.9 Å². The van der Waals surface area contributed by atoms with E-state index >= 15 is 0 Å². The van der Waals surface area contributed by atoms with Gasteiger partial charge in [0.2, 0.25) is 0 Å². The van der Waals surface area contributed by atoms with Gasteiger partial charge in [-0.15, -0.1) is 0 Å². The van der Waals surface area contributed by atoms with E-state index < -0.39 is 0 Å². The van der Waals surface area contributed by atoms with Crippen LogP contribution in [0, 0.1) is 6.92 Å². The van der Waals surface area contributed by atoms with E-state index in [1.807, 2.05) is 11.8 Å². The average molecular weight is 336 g/mol. The fourth-order valence-corrected chi connectivity index (χ4v) is 3.88. The van der Waals surface area contributed by atoms with Crippen molar-refractivity contribution in [2.75, 3.05) is 18.8 Å². The number of thiazole rings is 1. The van der Waals surface area contributed by atoms with Crippen molar-refractivity contribution in [3.8, 4) is 0 Å². The van der Waals surface area contributed by atoms with Gasteiger partial charge in [0.05, 0.1) is 5.69 Å². The van der Waals surface area contributed by atoms with E-state index in [0.717, 1.165) is 18.7 Å². The quantitative estimate of drug-likeness (QED) is 0.867. The number of carbonyl (C=O) groups is 1. The first-order valence-electron chi connectivity index (χ1n) is 7.68. The Morgan fingerprint density at radius 2 is 2.30 bits per heavy atom. The molecule has 1 saturated heterocycles. The highest BCUT2D eigenvalue weighted by atomic mass is 32.1. The van der Waals surface area contributed by atoms with E-state index in [-0.39, 0.29) is 17.5 Å². The molecule has 0 aromatic carbocycles. The molecule has 3 rings (SSSR count). The summed E-state index contributed by atoms with van der Waals surface area (Å²) in [6.07, 6.45) is 1.80. The standard InChI is InChI=1S/C14H20N6O2S/c1-3-20-11(17-18-14(20)22)9-5-4-6-19(7-9)12(21)10-8(2)16-13(15)23-10/h9H,3-7H2,1-2H3,(H2,15,16)(H,18,22)/t9-/m1/s1. The third kappa shape index (κ3) is 2.88. The first-order valence-corrected chi connectivity index (χ1v) is 8.50. The van der Waals surface area contributed by atoms with E-state index in [4.69, 9.17) is 5.73 Å². The van der Waals surface area contributed by atoms with Crippen molar-refractivity contribution >= 4 is 22.4 Å². The number of aromatic nitrogens is 4. The Morgan fingerprint density at radius 3 is 2.96 bits per heavy atom. The third-order valence-electron chi connectivity index (χ3n) is 4.19. The summed E-state index contributed by atoms with van der Waals surface area (Å²) in [6.45, 7) is 5.53. The van der Waals surface area contributed by atoms with Gasteiger partial charge in [0.25, 0.3) is 5.91 Å². The zero-order chi connectivity index (χ0) is 16.6. The van der Waals surface area contributed by atoms with E-state index in [1.54, 1.807) is 11.5 Å². The predicted molar refractivity (Wildman–Crippen MR) is 87.7 cm³/mol. The number of anilines is 1. The highest BCUT2D eigenvalue weighted by molar-refractivity contribution is 7.17. The molecule has 0 aliphatic carbocycles. The van der Waals surface area contributed by atoms with Gasteiger partial charge in [0.1, 0.15) is 10.7 Å². The Balaban J connectivity index is 1.82. The number of likely N-dealkylation sites (tertiary alicyclic amines) is 1. The smallest absolute Gasteiger partial charge is 0.343 e. The van der Waals surface area contributed by atoms with Crippen LogP contribution in [0.25, 0.3) is 0 Å². The second kappa shape index (κ2) is 6.15. The zero-order valence-corrected chi connectivity index (χ0v) is 14.0. The van der Waals surface area contributed by atoms with Crippen molar-refractivity contribution in [2.24, 2.45) is 0 Å². The highest BCUT2D eigenvalue weighted by Crippen LogP contribution is 2.28. The van der Waals surface area contributed by atoms with Crippen molar-refractivity contribution in [1.82, 2.24) is 24.6 Å². The van der Waals surface area contributed by atoms with Crippen LogP contribution in [-0.4, -0.2) is 43.6 Å². The fraction of sp³-hybridized carbons (Fsp3) is 0.571. The number of carbonyl (C=O) groups excluding carboxylic acids is 1. The lowest BCUT2D eigenvalue weighted by Crippen LogP contribution is -2.40. The number of nitrogen functional groups attached to an aromatic ring is 1. The number of rotatable bonds is 3. The zero-order valence-electron chi connectivity index (χ0n) is 13.2. The Kier molecular flexibility index (Phi) is 4.20. The van der Waals surface area contributed by atoms with Gasteiger partial charge in [-0.2, -0.15) is 5.10 Å². The molecule has 0 saturated carbocycles. The van der Waals surface area contributed by atoms with E-state index in [0.29, 0.717) is 35.3 Å². The Hall–Kier alpha value is -2.16. The van der Waals surface area contributed by atoms with Gasteiger partial charge in [0, 0.05) is 25.6 Å². The Bertz CT molecular complexity index is 777. The number of amides is 1. The monoisotopic (exact) mass is 336 g/mol. The maximum absolute atomic E-state index is 12.7. The summed E-state index contributed by atoms with van der Waals surface area (Å²) in [7, 11) is 0. The van der Waals surface area contributed by atoms with E-state index in [9.17, 15) is 9.59 Å². The Morgan fingerprint density at radius 1 is 1.52 bits per heavy atom. The molecular weight excluding hydrogens is 316 g/mol. The minimum absolute atomic E-state index is 0.0395. The van der Waals surface area contributed by atoms with E-state index in [1.165, 1.54) is 11.3 Å². The third-order valence-corrected chi connectivity index (χ3v) is 5.16. The topological polar surface area (TPSA) is 110 Å². The molecule has 9 heteroatoms. The summed E-state index contributed by atoms with van der Waals surface area (Å²) in [4.78, 5) is 31.0. The molecule has 1 aliphatic heterocycles. The molecule has 23 heavy (non-hydrogen) atoms. The van der Waals surface area contributed by atoms with Gasteiger partial charge < -0.3 is 10.6 Å². The van der Waals surface area contributed by atoms with Crippen LogP contribution in [0.4, 0.5) is 5.13 Å². The average Bonchev–Trinajstić information content (AvgIpc) is 3.08. The molecule has 2 aromatic heterocycles. The van der Waals surface area contributed by atoms with Crippen molar-refractivity contribution in [1.29, 1.82) is 0 Å². The molecule has 1 atom stereocenters. The minimum Gasteiger partial charge on any atom is -0.375 e. The normalized spacial score (nSPS) is 18.3. The van der Waals surface area contributed by atoms with Crippen LogP contribution in [0.3, 0.4) is 0 Å². The van der Waals surface area contributed by atoms with Crippen LogP contribution in [0.15, 0.2) is 4.79 Å². The van der Waals surface area contributed by atoms with Gasteiger partial charge >= 0.3 is 5.69 Å². The molecule has 8 nitrogen and oxygen atoms in total. The van der Waals surface area contributed by atoms with Crippen LogP contribution >= 0.6 is 11.3 Å². The summed E-state index contributed by atoms with van der Waals surface area (Å²) in [5, 5.41) is 7.07. The molecule has 124 valence electrons.